The van der Waals surface area contributed by atoms with Gasteiger partial charge in [-0.25, -0.2) is 0 Å². The van der Waals surface area contributed by atoms with Crippen LogP contribution in [0.3, 0.4) is 0 Å². The Morgan fingerprint density at radius 1 is 0.853 bits per heavy atom. The molecule has 1 aliphatic heterocycles. The predicted molar refractivity (Wildman–Crippen MR) is 122 cm³/mol. The summed E-state index contributed by atoms with van der Waals surface area (Å²) >= 11 is 0. The zero-order valence-corrected chi connectivity index (χ0v) is 19.5. The van der Waals surface area contributed by atoms with Crippen molar-refractivity contribution >= 4 is 17.5 Å². The third-order valence-corrected chi connectivity index (χ3v) is 5.46. The number of amides is 2. The van der Waals surface area contributed by atoms with Crippen LogP contribution in [0.15, 0.2) is 30.3 Å². The third kappa shape index (κ3) is 5.13. The summed E-state index contributed by atoms with van der Waals surface area (Å²) in [6, 6.07) is 7.44. The molecule has 2 aromatic carbocycles. The van der Waals surface area contributed by atoms with Gasteiger partial charge in [0.25, 0.3) is 17.5 Å². The zero-order valence-electron chi connectivity index (χ0n) is 19.5. The lowest BCUT2D eigenvalue weighted by Crippen LogP contribution is -2.50. The van der Waals surface area contributed by atoms with E-state index in [-0.39, 0.29) is 61.4 Å². The van der Waals surface area contributed by atoms with Gasteiger partial charge in [-0.15, -0.1) is 0 Å². The van der Waals surface area contributed by atoms with Gasteiger partial charge in [0.05, 0.1) is 38.9 Å². The van der Waals surface area contributed by atoms with Gasteiger partial charge in [0.2, 0.25) is 0 Å². The van der Waals surface area contributed by atoms with Crippen LogP contribution in [0, 0.1) is 10.1 Å². The molecular weight excluding hydrogens is 446 g/mol. The molecule has 1 saturated heterocycles. The number of rotatable bonds is 8. The van der Waals surface area contributed by atoms with Crippen molar-refractivity contribution in [3.63, 3.8) is 0 Å². The molecule has 1 heterocycles. The number of carbonyl (C=O) groups is 2. The first-order valence-electron chi connectivity index (χ1n) is 10.6. The molecule has 182 valence electrons. The number of nitro groups is 1. The van der Waals surface area contributed by atoms with E-state index in [1.54, 1.807) is 30.0 Å². The van der Waals surface area contributed by atoms with Crippen molar-refractivity contribution in [3.8, 4) is 23.0 Å². The van der Waals surface area contributed by atoms with Crippen LogP contribution in [0.1, 0.15) is 27.6 Å². The second-order valence-electron chi connectivity index (χ2n) is 7.40. The van der Waals surface area contributed by atoms with Crippen LogP contribution in [0.25, 0.3) is 0 Å². The Hall–Kier alpha value is -4.02. The molecule has 3 rings (SSSR count). The Morgan fingerprint density at radius 3 is 1.88 bits per heavy atom. The third-order valence-electron chi connectivity index (χ3n) is 5.46. The normalized spacial score (nSPS) is 13.3. The molecule has 11 nitrogen and oxygen atoms in total. The molecule has 0 atom stereocenters. The van der Waals surface area contributed by atoms with Gasteiger partial charge in [-0.1, -0.05) is 0 Å². The molecule has 11 heteroatoms. The van der Waals surface area contributed by atoms with Crippen molar-refractivity contribution in [3.05, 3.63) is 51.6 Å². The lowest BCUT2D eigenvalue weighted by Gasteiger charge is -2.35. The lowest BCUT2D eigenvalue weighted by molar-refractivity contribution is -0.385. The topological polar surface area (TPSA) is 121 Å². The summed E-state index contributed by atoms with van der Waals surface area (Å²) in [5.74, 6) is 0.678. The number of hydrogen-bond donors (Lipinski definition) is 0. The fraction of sp³-hybridized carbons (Fsp3) is 0.391. The maximum atomic E-state index is 13.2. The Labute approximate surface area is 196 Å². The van der Waals surface area contributed by atoms with E-state index in [9.17, 15) is 19.7 Å². The number of nitrogens with zero attached hydrogens (tertiary/aromatic N) is 3. The zero-order chi connectivity index (χ0) is 24.8. The number of hydrogen-bond acceptors (Lipinski definition) is 8. The van der Waals surface area contributed by atoms with Crippen molar-refractivity contribution < 1.29 is 33.5 Å². The minimum Gasteiger partial charge on any atom is -0.497 e. The maximum Gasteiger partial charge on any atom is 0.286 e. The number of methoxy groups -OCH3 is 3. The Balaban J connectivity index is 1.77. The lowest BCUT2D eigenvalue weighted by atomic mass is 10.1. The molecule has 0 N–H and O–H groups in total. The Bertz CT molecular complexity index is 1060. The minimum absolute atomic E-state index is 0.0948. The highest BCUT2D eigenvalue weighted by molar-refractivity contribution is 5.99. The number of benzene rings is 2. The molecule has 2 amide bonds. The first-order valence-corrected chi connectivity index (χ1v) is 10.6. The molecule has 0 saturated carbocycles. The van der Waals surface area contributed by atoms with E-state index in [2.05, 4.69) is 0 Å². The second kappa shape index (κ2) is 10.7. The van der Waals surface area contributed by atoms with Crippen LogP contribution < -0.4 is 18.9 Å². The van der Waals surface area contributed by atoms with E-state index in [1.165, 1.54) is 38.4 Å². The molecular formula is C23H27N3O8. The number of ether oxygens (including phenoxy) is 4. The van der Waals surface area contributed by atoms with E-state index >= 15 is 0 Å². The molecule has 0 bridgehead atoms. The summed E-state index contributed by atoms with van der Waals surface area (Å²) < 4.78 is 21.1. The van der Waals surface area contributed by atoms with Crippen molar-refractivity contribution in [2.24, 2.45) is 0 Å². The molecule has 0 unspecified atom stereocenters. The molecule has 0 radical (unpaired) electrons. The van der Waals surface area contributed by atoms with Gasteiger partial charge < -0.3 is 28.7 Å². The predicted octanol–water partition coefficient (Wildman–Crippen LogP) is 2.62. The maximum absolute atomic E-state index is 13.2. The SMILES string of the molecule is CCOc1cc([N+](=O)[O-])c(C(=O)N2CCN(C(=O)c3cc(OC)cc(OC)c3)CC2)cc1OC. The van der Waals surface area contributed by atoms with Gasteiger partial charge in [0, 0.05) is 43.9 Å². The van der Waals surface area contributed by atoms with Gasteiger partial charge in [-0.05, 0) is 19.1 Å². The number of carbonyl (C=O) groups excluding carboxylic acids is 2. The first kappa shape index (κ1) is 24.6. The largest absolute Gasteiger partial charge is 0.497 e. The van der Waals surface area contributed by atoms with E-state index in [0.717, 1.165) is 0 Å². The van der Waals surface area contributed by atoms with Crippen LogP contribution in [0.2, 0.25) is 0 Å². The molecule has 0 aliphatic carbocycles. The van der Waals surface area contributed by atoms with Crippen LogP contribution in [-0.2, 0) is 0 Å². The summed E-state index contributed by atoms with van der Waals surface area (Å²) in [4.78, 5) is 40.3. The van der Waals surface area contributed by atoms with Gasteiger partial charge in [0.15, 0.2) is 11.5 Å². The average Bonchev–Trinajstić information content (AvgIpc) is 2.87. The fourth-order valence-electron chi connectivity index (χ4n) is 3.70. The van der Waals surface area contributed by atoms with E-state index < -0.39 is 10.8 Å². The molecule has 0 aromatic heterocycles. The van der Waals surface area contributed by atoms with Crippen molar-refractivity contribution in [2.45, 2.75) is 6.92 Å². The van der Waals surface area contributed by atoms with Crippen molar-refractivity contribution in [2.75, 3.05) is 54.1 Å². The van der Waals surface area contributed by atoms with Crippen LogP contribution in [-0.4, -0.2) is 80.7 Å². The molecule has 1 fully saturated rings. The van der Waals surface area contributed by atoms with Crippen molar-refractivity contribution in [1.82, 2.24) is 9.80 Å². The highest BCUT2D eigenvalue weighted by atomic mass is 16.6. The second-order valence-corrected chi connectivity index (χ2v) is 7.40. The monoisotopic (exact) mass is 473 g/mol. The van der Waals surface area contributed by atoms with Gasteiger partial charge in [0.1, 0.15) is 17.1 Å². The number of piperazine rings is 1. The van der Waals surface area contributed by atoms with Crippen molar-refractivity contribution in [1.29, 1.82) is 0 Å². The van der Waals surface area contributed by atoms with E-state index in [1.807, 2.05) is 0 Å². The standard InChI is InChI=1S/C23H27N3O8/c1-5-34-21-14-19(26(29)30)18(13-20(21)33-4)23(28)25-8-6-24(7-9-25)22(27)15-10-16(31-2)12-17(11-15)32-3/h10-14H,5-9H2,1-4H3. The summed E-state index contributed by atoms with van der Waals surface area (Å²) in [5, 5.41) is 11.6. The van der Waals surface area contributed by atoms with Crippen LogP contribution in [0.5, 0.6) is 23.0 Å². The van der Waals surface area contributed by atoms with Gasteiger partial charge >= 0.3 is 0 Å². The van der Waals surface area contributed by atoms with E-state index in [0.29, 0.717) is 17.1 Å². The smallest absolute Gasteiger partial charge is 0.286 e. The van der Waals surface area contributed by atoms with Gasteiger partial charge in [-0.2, -0.15) is 0 Å². The average molecular weight is 473 g/mol. The van der Waals surface area contributed by atoms with Crippen LogP contribution in [0.4, 0.5) is 5.69 Å². The highest BCUT2D eigenvalue weighted by Gasteiger charge is 2.31. The Kier molecular flexibility index (Phi) is 7.77. The summed E-state index contributed by atoms with van der Waals surface area (Å²) in [5.41, 5.74) is -0.0540. The summed E-state index contributed by atoms with van der Waals surface area (Å²) in [7, 11) is 4.40. The first-order chi connectivity index (χ1) is 16.3. The molecule has 34 heavy (non-hydrogen) atoms. The van der Waals surface area contributed by atoms with E-state index in [4.69, 9.17) is 18.9 Å². The molecule has 2 aromatic rings. The highest BCUT2D eigenvalue weighted by Crippen LogP contribution is 2.35. The summed E-state index contributed by atoms with van der Waals surface area (Å²) in [6.07, 6.45) is 0. The van der Waals surface area contributed by atoms with Gasteiger partial charge in [-0.3, -0.25) is 19.7 Å². The van der Waals surface area contributed by atoms with Crippen LogP contribution >= 0.6 is 0 Å². The Morgan fingerprint density at radius 2 is 1.41 bits per heavy atom. The minimum atomic E-state index is -0.620. The summed E-state index contributed by atoms with van der Waals surface area (Å²) in [6.45, 7) is 3.01. The fourth-order valence-corrected chi connectivity index (χ4v) is 3.70. The molecule has 1 aliphatic rings. The quantitative estimate of drug-likeness (QED) is 0.424. The molecule has 0 spiro atoms. The number of nitro benzene ring substituents is 1.